The zero-order valence-corrected chi connectivity index (χ0v) is 19.1. The number of nitrogens with zero attached hydrogens (tertiary/aromatic N) is 1. The van der Waals surface area contributed by atoms with Gasteiger partial charge in [0.25, 0.3) is 0 Å². The fourth-order valence-corrected chi connectivity index (χ4v) is 4.45. The molecule has 2 aromatic rings. The molecule has 0 aromatic heterocycles. The van der Waals surface area contributed by atoms with Crippen molar-refractivity contribution in [2.24, 2.45) is 0 Å². The van der Waals surface area contributed by atoms with Crippen LogP contribution in [0.5, 0.6) is 5.75 Å². The summed E-state index contributed by atoms with van der Waals surface area (Å²) in [7, 11) is 0. The summed E-state index contributed by atoms with van der Waals surface area (Å²) in [6.07, 6.45) is 5.41. The average Bonchev–Trinajstić information content (AvgIpc) is 2.79. The molecule has 33 heavy (non-hydrogen) atoms. The lowest BCUT2D eigenvalue weighted by Crippen LogP contribution is -2.40. The predicted octanol–water partition coefficient (Wildman–Crippen LogP) is 4.99. The second-order valence-electron chi connectivity index (χ2n) is 8.65. The maximum Gasteiger partial charge on any atom is 0.337 e. The largest absolute Gasteiger partial charge is 0.487 e. The summed E-state index contributed by atoms with van der Waals surface area (Å²) >= 11 is 0. The number of aliphatic carboxylic acids is 1. The van der Waals surface area contributed by atoms with Gasteiger partial charge in [-0.25, -0.2) is 9.18 Å². The molecule has 0 unspecified atom stereocenters. The van der Waals surface area contributed by atoms with Crippen molar-refractivity contribution in [1.82, 2.24) is 0 Å². The second-order valence-corrected chi connectivity index (χ2v) is 8.65. The van der Waals surface area contributed by atoms with Crippen molar-refractivity contribution in [3.05, 3.63) is 65.1 Å². The highest BCUT2D eigenvalue weighted by molar-refractivity contribution is 6.12. The number of carboxylic acids is 1. The van der Waals surface area contributed by atoms with Gasteiger partial charge in [0, 0.05) is 18.3 Å². The molecule has 2 aliphatic rings. The molecule has 0 spiro atoms. The van der Waals surface area contributed by atoms with Gasteiger partial charge in [0.05, 0.1) is 23.0 Å². The van der Waals surface area contributed by atoms with E-state index in [1.54, 1.807) is 4.90 Å². The van der Waals surface area contributed by atoms with Crippen LogP contribution in [0.2, 0.25) is 0 Å². The summed E-state index contributed by atoms with van der Waals surface area (Å²) in [6, 6.07) is 8.48. The van der Waals surface area contributed by atoms with E-state index in [9.17, 15) is 9.90 Å². The number of benzene rings is 2. The lowest BCUT2D eigenvalue weighted by molar-refractivity contribution is -0.132. The first-order chi connectivity index (χ1) is 15.8. The highest BCUT2D eigenvalue weighted by Gasteiger charge is 2.38. The van der Waals surface area contributed by atoms with Crippen molar-refractivity contribution in [3.63, 3.8) is 0 Å². The topological polar surface area (TPSA) is 87.8 Å². The van der Waals surface area contributed by atoms with E-state index in [1.807, 2.05) is 6.92 Å². The number of nitrogens with two attached hydrogens (primary N) is 1. The van der Waals surface area contributed by atoms with E-state index in [4.69, 9.17) is 10.5 Å². The molecule has 4 N–H and O–H groups in total. The quantitative estimate of drug-likeness (QED) is 0.387. The SMILES string of the molecule is C=C1C(C(=O)O)=CN2c3c(c(NCCCc4ccc(CCC)cc4)c(F)c(N)c31)OC[C@@H]2C. The van der Waals surface area contributed by atoms with Gasteiger partial charge in [0.1, 0.15) is 12.3 Å². The first-order valence-corrected chi connectivity index (χ1v) is 11.4. The Balaban J connectivity index is 1.56. The van der Waals surface area contributed by atoms with Crippen LogP contribution in [0.25, 0.3) is 5.57 Å². The molecule has 0 amide bonds. The van der Waals surface area contributed by atoms with Gasteiger partial charge in [-0.15, -0.1) is 0 Å². The van der Waals surface area contributed by atoms with Crippen molar-refractivity contribution >= 4 is 28.6 Å². The monoisotopic (exact) mass is 451 g/mol. The zero-order valence-electron chi connectivity index (χ0n) is 19.1. The maximum atomic E-state index is 15.4. The molecule has 7 heteroatoms. The number of hydrogen-bond donors (Lipinski definition) is 3. The lowest BCUT2D eigenvalue weighted by atomic mass is 9.90. The molecule has 0 fully saturated rings. The number of anilines is 3. The molecule has 0 bridgehead atoms. The summed E-state index contributed by atoms with van der Waals surface area (Å²) in [5, 5.41) is 12.8. The number of nitrogen functional groups attached to an aromatic ring is 1. The molecule has 0 radical (unpaired) electrons. The summed E-state index contributed by atoms with van der Waals surface area (Å²) < 4.78 is 21.3. The predicted molar refractivity (Wildman–Crippen MR) is 130 cm³/mol. The third kappa shape index (κ3) is 4.15. The van der Waals surface area contributed by atoms with Gasteiger partial charge in [-0.3, -0.25) is 0 Å². The van der Waals surface area contributed by atoms with Crippen molar-refractivity contribution in [3.8, 4) is 5.75 Å². The van der Waals surface area contributed by atoms with E-state index in [2.05, 4.69) is 43.1 Å². The minimum Gasteiger partial charge on any atom is -0.487 e. The molecule has 1 atom stereocenters. The molecule has 6 nitrogen and oxygen atoms in total. The summed E-state index contributed by atoms with van der Waals surface area (Å²) in [5.41, 5.74) is 9.86. The number of aryl methyl sites for hydroxylation is 2. The Labute approximate surface area is 193 Å². The minimum absolute atomic E-state index is 0.000959. The summed E-state index contributed by atoms with van der Waals surface area (Å²) in [5.74, 6) is -1.42. The molecule has 0 saturated carbocycles. The van der Waals surface area contributed by atoms with Crippen LogP contribution in [0.1, 0.15) is 43.4 Å². The number of halogens is 1. The number of carbonyl (C=O) groups is 1. The van der Waals surface area contributed by atoms with Crippen molar-refractivity contribution in [2.75, 3.05) is 29.1 Å². The third-order valence-corrected chi connectivity index (χ3v) is 6.24. The number of rotatable bonds is 8. The molecule has 4 rings (SSSR count). The Bertz CT molecular complexity index is 1120. The molecule has 2 heterocycles. The maximum absolute atomic E-state index is 15.4. The van der Waals surface area contributed by atoms with Crippen LogP contribution in [0.15, 0.2) is 42.6 Å². The number of ether oxygens (including phenoxy) is 1. The summed E-state index contributed by atoms with van der Waals surface area (Å²) in [4.78, 5) is 13.5. The van der Waals surface area contributed by atoms with Crippen LogP contribution in [-0.2, 0) is 17.6 Å². The highest BCUT2D eigenvalue weighted by atomic mass is 19.1. The smallest absolute Gasteiger partial charge is 0.337 e. The Morgan fingerprint density at radius 3 is 2.61 bits per heavy atom. The van der Waals surface area contributed by atoms with Crippen molar-refractivity contribution < 1.29 is 19.0 Å². The van der Waals surface area contributed by atoms with Gasteiger partial charge >= 0.3 is 5.97 Å². The van der Waals surface area contributed by atoms with Crippen molar-refractivity contribution in [1.29, 1.82) is 0 Å². The van der Waals surface area contributed by atoms with Crippen LogP contribution >= 0.6 is 0 Å². The molecule has 0 saturated heterocycles. The molecular formula is C26H30FN3O3. The molecular weight excluding hydrogens is 421 g/mol. The fraction of sp³-hybridized carbons (Fsp3) is 0.346. The lowest BCUT2D eigenvalue weighted by Gasteiger charge is -2.40. The van der Waals surface area contributed by atoms with E-state index >= 15 is 4.39 Å². The highest BCUT2D eigenvalue weighted by Crippen LogP contribution is 2.53. The van der Waals surface area contributed by atoms with Gasteiger partial charge in [0.15, 0.2) is 11.6 Å². The van der Waals surface area contributed by atoms with Crippen LogP contribution in [-0.4, -0.2) is 30.3 Å². The molecule has 174 valence electrons. The van der Waals surface area contributed by atoms with Crippen LogP contribution in [0.3, 0.4) is 0 Å². The molecule has 2 aromatic carbocycles. The van der Waals surface area contributed by atoms with E-state index in [0.29, 0.717) is 24.6 Å². The first-order valence-electron chi connectivity index (χ1n) is 11.4. The number of nitrogens with one attached hydrogen (secondary N) is 1. The Kier molecular flexibility index (Phi) is 6.31. The Morgan fingerprint density at radius 1 is 1.30 bits per heavy atom. The van der Waals surface area contributed by atoms with Gasteiger partial charge in [-0.05, 0) is 42.9 Å². The van der Waals surface area contributed by atoms with Gasteiger partial charge in [-0.2, -0.15) is 0 Å². The van der Waals surface area contributed by atoms with Gasteiger partial charge in [0.2, 0.25) is 0 Å². The first kappa shape index (κ1) is 22.7. The van der Waals surface area contributed by atoms with Gasteiger partial charge in [-0.1, -0.05) is 44.2 Å². The standard InChI is InChI=1S/C26H30FN3O3/c1-4-6-17-8-10-18(11-9-17)7-5-12-29-23-21(27)22(28)20-16(3)19(26(31)32)13-30-15(2)14-33-25(23)24(20)30/h8-11,13,15,29H,3-7,12,14,28H2,1-2H3,(H,31,32)/t15-/m0/s1. The van der Waals surface area contributed by atoms with Crippen LogP contribution in [0.4, 0.5) is 21.5 Å². The van der Waals surface area contributed by atoms with Crippen LogP contribution in [0, 0.1) is 5.82 Å². The molecule has 2 aliphatic heterocycles. The van der Waals surface area contributed by atoms with E-state index in [1.165, 1.54) is 17.3 Å². The van der Waals surface area contributed by atoms with Crippen molar-refractivity contribution in [2.45, 2.75) is 45.6 Å². The normalized spacial score (nSPS) is 16.7. The average molecular weight is 452 g/mol. The Hall–Kier alpha value is -3.48. The van der Waals surface area contributed by atoms with E-state index in [0.717, 1.165) is 25.7 Å². The van der Waals surface area contributed by atoms with E-state index < -0.39 is 11.8 Å². The summed E-state index contributed by atoms with van der Waals surface area (Å²) in [6.45, 7) is 8.79. The number of hydrogen-bond acceptors (Lipinski definition) is 5. The second kappa shape index (κ2) is 9.17. The fourth-order valence-electron chi connectivity index (χ4n) is 4.45. The third-order valence-electron chi connectivity index (χ3n) is 6.24. The van der Waals surface area contributed by atoms with Gasteiger partial charge < -0.3 is 25.8 Å². The van der Waals surface area contributed by atoms with Crippen LogP contribution < -0.4 is 20.7 Å². The minimum atomic E-state index is -1.13. The number of carboxylic acid groups (broad SMARTS) is 1. The zero-order chi connectivity index (χ0) is 23.7. The Morgan fingerprint density at radius 2 is 1.97 bits per heavy atom. The molecule has 0 aliphatic carbocycles. The van der Waals surface area contributed by atoms with E-state index in [-0.39, 0.29) is 34.1 Å².